The second kappa shape index (κ2) is 5.20. The molecule has 1 aliphatic heterocycles. The molecule has 0 spiro atoms. The van der Waals surface area contributed by atoms with E-state index in [0.29, 0.717) is 12.5 Å². The van der Waals surface area contributed by atoms with Crippen LogP contribution in [0.2, 0.25) is 0 Å². The van der Waals surface area contributed by atoms with Gasteiger partial charge in [0, 0.05) is 24.4 Å². The van der Waals surface area contributed by atoms with Gasteiger partial charge in [0.2, 0.25) is 0 Å². The molecule has 1 atom stereocenters. The molecule has 1 aliphatic rings. The van der Waals surface area contributed by atoms with Crippen LogP contribution >= 0.6 is 0 Å². The molecule has 0 fully saturated rings. The van der Waals surface area contributed by atoms with Crippen LogP contribution in [0.1, 0.15) is 48.5 Å². The third-order valence-electron chi connectivity index (χ3n) is 4.09. The Kier molecular flexibility index (Phi) is 3.51. The molecule has 5 heteroatoms. The second-order valence-electron chi connectivity index (χ2n) is 5.65. The Labute approximate surface area is 121 Å². The average Bonchev–Trinajstić information content (AvgIpc) is 2.83. The molecule has 2 nitrogen and oxygen atoms in total. The van der Waals surface area contributed by atoms with E-state index < -0.39 is 11.7 Å². The van der Waals surface area contributed by atoms with Crippen molar-refractivity contribution in [1.82, 2.24) is 9.55 Å². The minimum atomic E-state index is -4.28. The molecule has 3 rings (SSSR count). The molecule has 0 aliphatic carbocycles. The first-order valence-corrected chi connectivity index (χ1v) is 7.16. The number of hydrogen-bond acceptors (Lipinski definition) is 1. The van der Waals surface area contributed by atoms with Crippen LogP contribution in [0.25, 0.3) is 0 Å². The molecule has 0 amide bonds. The van der Waals surface area contributed by atoms with Gasteiger partial charge in [0.05, 0.1) is 5.56 Å². The maximum atomic E-state index is 12.6. The summed E-state index contributed by atoms with van der Waals surface area (Å²) in [7, 11) is 0. The van der Waals surface area contributed by atoms with Crippen molar-refractivity contribution in [3.8, 4) is 0 Å². The third kappa shape index (κ3) is 2.82. The smallest absolute Gasteiger partial charge is 0.329 e. The van der Waals surface area contributed by atoms with E-state index in [1.807, 2.05) is 6.20 Å². The van der Waals surface area contributed by atoms with Gasteiger partial charge in [0.15, 0.2) is 0 Å². The van der Waals surface area contributed by atoms with Gasteiger partial charge < -0.3 is 4.57 Å². The monoisotopic (exact) mass is 294 g/mol. The van der Waals surface area contributed by atoms with Crippen LogP contribution in [0.4, 0.5) is 13.2 Å². The predicted molar refractivity (Wildman–Crippen MR) is 74.1 cm³/mol. The molecular weight excluding hydrogens is 277 g/mol. The minimum absolute atomic E-state index is 0.417. The summed E-state index contributed by atoms with van der Waals surface area (Å²) in [6.07, 6.45) is 1.53. The molecule has 21 heavy (non-hydrogen) atoms. The standard InChI is InChI=1S/C16H17F3N2/c1-11-3-2-4-14-10-20-15(21(11)14)9-12-5-7-13(8-6-12)16(17,18)19/h5-8,10-11H,2-4,9H2,1H3. The van der Waals surface area contributed by atoms with Gasteiger partial charge >= 0.3 is 6.18 Å². The Balaban J connectivity index is 1.83. The van der Waals surface area contributed by atoms with E-state index >= 15 is 0 Å². The minimum Gasteiger partial charge on any atom is -0.329 e. The van der Waals surface area contributed by atoms with Crippen molar-refractivity contribution in [3.05, 3.63) is 53.1 Å². The molecule has 2 heterocycles. The number of fused-ring (bicyclic) bond motifs is 1. The fraction of sp³-hybridized carbons (Fsp3) is 0.438. The van der Waals surface area contributed by atoms with Crippen molar-refractivity contribution >= 4 is 0 Å². The molecule has 1 aromatic carbocycles. The molecule has 0 saturated heterocycles. The molecule has 1 unspecified atom stereocenters. The van der Waals surface area contributed by atoms with Crippen molar-refractivity contribution in [2.24, 2.45) is 0 Å². The molecule has 0 radical (unpaired) electrons. The first kappa shape index (κ1) is 14.2. The molecular formula is C16H17F3N2. The van der Waals surface area contributed by atoms with Gasteiger partial charge in [-0.15, -0.1) is 0 Å². The van der Waals surface area contributed by atoms with Crippen LogP contribution in [0.3, 0.4) is 0 Å². The number of aromatic nitrogens is 2. The Morgan fingerprint density at radius 1 is 1.24 bits per heavy atom. The van der Waals surface area contributed by atoms with Gasteiger partial charge in [0.25, 0.3) is 0 Å². The van der Waals surface area contributed by atoms with Crippen molar-refractivity contribution in [2.45, 2.75) is 44.8 Å². The Morgan fingerprint density at radius 3 is 2.62 bits per heavy atom. The lowest BCUT2D eigenvalue weighted by Gasteiger charge is -2.24. The molecule has 0 bridgehead atoms. The number of hydrogen-bond donors (Lipinski definition) is 0. The van der Waals surface area contributed by atoms with Crippen LogP contribution in [-0.4, -0.2) is 9.55 Å². The lowest BCUT2D eigenvalue weighted by Crippen LogP contribution is -2.17. The third-order valence-corrected chi connectivity index (χ3v) is 4.09. The van der Waals surface area contributed by atoms with Gasteiger partial charge in [-0.25, -0.2) is 4.98 Å². The van der Waals surface area contributed by atoms with Crippen molar-refractivity contribution in [1.29, 1.82) is 0 Å². The molecule has 0 N–H and O–H groups in total. The van der Waals surface area contributed by atoms with E-state index in [1.165, 1.54) is 24.2 Å². The summed E-state index contributed by atoms with van der Waals surface area (Å²) in [4.78, 5) is 4.46. The van der Waals surface area contributed by atoms with Crippen LogP contribution in [0, 0.1) is 0 Å². The van der Waals surface area contributed by atoms with E-state index in [9.17, 15) is 13.2 Å². The Bertz CT molecular complexity index is 626. The largest absolute Gasteiger partial charge is 0.416 e. The Morgan fingerprint density at radius 2 is 1.95 bits per heavy atom. The number of rotatable bonds is 2. The fourth-order valence-corrected chi connectivity index (χ4v) is 2.99. The predicted octanol–water partition coefficient (Wildman–Crippen LogP) is 4.39. The summed E-state index contributed by atoms with van der Waals surface area (Å²) in [5.74, 6) is 0.942. The number of aryl methyl sites for hydroxylation is 1. The van der Waals surface area contributed by atoms with Crippen LogP contribution in [0.15, 0.2) is 30.5 Å². The van der Waals surface area contributed by atoms with Gasteiger partial charge in [-0.2, -0.15) is 13.2 Å². The second-order valence-corrected chi connectivity index (χ2v) is 5.65. The zero-order valence-corrected chi connectivity index (χ0v) is 11.8. The van der Waals surface area contributed by atoms with Crippen LogP contribution < -0.4 is 0 Å². The van der Waals surface area contributed by atoms with Gasteiger partial charge in [0.1, 0.15) is 5.82 Å². The van der Waals surface area contributed by atoms with Gasteiger partial charge in [-0.3, -0.25) is 0 Å². The van der Waals surface area contributed by atoms with Crippen LogP contribution in [0.5, 0.6) is 0 Å². The topological polar surface area (TPSA) is 17.8 Å². The van der Waals surface area contributed by atoms with Gasteiger partial charge in [-0.1, -0.05) is 12.1 Å². The summed E-state index contributed by atoms with van der Waals surface area (Å²) in [5.41, 5.74) is 1.48. The van der Waals surface area contributed by atoms with E-state index in [4.69, 9.17) is 0 Å². The number of halogens is 3. The number of imidazole rings is 1. The molecule has 1 aromatic heterocycles. The Hall–Kier alpha value is -1.78. The summed E-state index contributed by atoms with van der Waals surface area (Å²) < 4.78 is 39.9. The number of alkyl halides is 3. The summed E-state index contributed by atoms with van der Waals surface area (Å²) >= 11 is 0. The van der Waals surface area contributed by atoms with E-state index in [0.717, 1.165) is 36.4 Å². The lowest BCUT2D eigenvalue weighted by atomic mass is 10.0. The summed E-state index contributed by atoms with van der Waals surface area (Å²) in [5, 5.41) is 0. The number of nitrogens with zero attached hydrogens (tertiary/aromatic N) is 2. The molecule has 0 saturated carbocycles. The normalized spacial score (nSPS) is 18.6. The van der Waals surface area contributed by atoms with Crippen molar-refractivity contribution < 1.29 is 13.2 Å². The van der Waals surface area contributed by atoms with Crippen molar-refractivity contribution in [3.63, 3.8) is 0 Å². The first-order chi connectivity index (χ1) is 9.95. The van der Waals surface area contributed by atoms with E-state index in [1.54, 1.807) is 0 Å². The highest BCUT2D eigenvalue weighted by Gasteiger charge is 2.30. The maximum Gasteiger partial charge on any atom is 0.416 e. The van der Waals surface area contributed by atoms with E-state index in [2.05, 4.69) is 16.5 Å². The highest BCUT2D eigenvalue weighted by atomic mass is 19.4. The average molecular weight is 294 g/mol. The molecule has 112 valence electrons. The van der Waals surface area contributed by atoms with Gasteiger partial charge in [-0.05, 0) is 43.9 Å². The highest BCUT2D eigenvalue weighted by molar-refractivity contribution is 5.27. The zero-order chi connectivity index (χ0) is 15.0. The maximum absolute atomic E-state index is 12.6. The SMILES string of the molecule is CC1CCCc2cnc(Cc3ccc(C(F)(F)F)cc3)n21. The summed E-state index contributed by atoms with van der Waals surface area (Å²) in [6, 6.07) is 5.77. The highest BCUT2D eigenvalue weighted by Crippen LogP contribution is 2.30. The van der Waals surface area contributed by atoms with Crippen molar-refractivity contribution in [2.75, 3.05) is 0 Å². The number of benzene rings is 1. The quantitative estimate of drug-likeness (QED) is 0.803. The summed E-state index contributed by atoms with van der Waals surface area (Å²) in [6.45, 7) is 2.17. The van der Waals surface area contributed by atoms with Crippen LogP contribution in [-0.2, 0) is 19.0 Å². The fourth-order valence-electron chi connectivity index (χ4n) is 2.99. The zero-order valence-electron chi connectivity index (χ0n) is 11.8. The first-order valence-electron chi connectivity index (χ1n) is 7.16. The van der Waals surface area contributed by atoms with E-state index in [-0.39, 0.29) is 0 Å². The lowest BCUT2D eigenvalue weighted by molar-refractivity contribution is -0.137. The molecule has 2 aromatic rings.